The van der Waals surface area contributed by atoms with E-state index in [1.807, 2.05) is 4.90 Å². The summed E-state index contributed by atoms with van der Waals surface area (Å²) in [5.41, 5.74) is 0.243. The molecule has 3 rings (SSSR count). The first-order valence-corrected chi connectivity index (χ1v) is 6.28. The Hall–Kier alpha value is -1.62. The first-order chi connectivity index (χ1) is 8.66. The number of nitrogens with zero attached hydrogens (tertiary/aromatic N) is 2. The quantitative estimate of drug-likeness (QED) is 0.816. The molecule has 2 aliphatic rings. The minimum absolute atomic E-state index is 0.239. The van der Waals surface area contributed by atoms with Crippen molar-refractivity contribution < 1.29 is 15.0 Å². The van der Waals surface area contributed by atoms with Gasteiger partial charge in [-0.25, -0.2) is 9.78 Å². The van der Waals surface area contributed by atoms with Gasteiger partial charge in [0.1, 0.15) is 11.4 Å². The lowest BCUT2D eigenvalue weighted by Crippen LogP contribution is -2.26. The van der Waals surface area contributed by atoms with Crippen LogP contribution in [0.15, 0.2) is 18.3 Å². The van der Waals surface area contributed by atoms with E-state index in [-0.39, 0.29) is 17.6 Å². The number of carbonyl (C=O) groups is 1. The number of aliphatic hydroxyl groups excluding tert-OH is 1. The molecule has 0 spiro atoms. The molecule has 5 nitrogen and oxygen atoms in total. The van der Waals surface area contributed by atoms with Gasteiger partial charge in [0.05, 0.1) is 6.10 Å². The van der Waals surface area contributed by atoms with Crippen molar-refractivity contribution in [2.75, 3.05) is 18.0 Å². The average molecular weight is 248 g/mol. The Morgan fingerprint density at radius 1 is 1.39 bits per heavy atom. The maximum absolute atomic E-state index is 11.2. The molecule has 1 aromatic heterocycles. The van der Waals surface area contributed by atoms with Crippen LogP contribution in [0.1, 0.15) is 23.2 Å². The van der Waals surface area contributed by atoms with E-state index >= 15 is 0 Å². The summed E-state index contributed by atoms with van der Waals surface area (Å²) in [4.78, 5) is 17.4. The summed E-state index contributed by atoms with van der Waals surface area (Å²) in [6.07, 6.45) is 3.28. The Morgan fingerprint density at radius 3 is 2.94 bits per heavy atom. The Bertz CT molecular complexity index is 477. The molecule has 1 aromatic rings. The third-order valence-corrected chi connectivity index (χ3v) is 4.14. The molecule has 96 valence electrons. The first kappa shape index (κ1) is 11.5. The van der Waals surface area contributed by atoms with E-state index in [1.165, 1.54) is 0 Å². The number of rotatable bonds is 2. The van der Waals surface area contributed by atoms with Crippen LogP contribution in [-0.4, -0.2) is 40.4 Å². The Kier molecular flexibility index (Phi) is 2.70. The summed E-state index contributed by atoms with van der Waals surface area (Å²) in [6, 6.07) is 3.22. The average Bonchev–Trinajstić information content (AvgIpc) is 2.92. The molecule has 1 aliphatic carbocycles. The molecule has 0 aromatic carbocycles. The third-order valence-electron chi connectivity index (χ3n) is 4.14. The summed E-state index contributed by atoms with van der Waals surface area (Å²) in [7, 11) is 0. The van der Waals surface area contributed by atoms with Crippen molar-refractivity contribution in [2.24, 2.45) is 11.8 Å². The zero-order valence-corrected chi connectivity index (χ0v) is 9.99. The van der Waals surface area contributed by atoms with Gasteiger partial charge < -0.3 is 15.1 Å². The van der Waals surface area contributed by atoms with Gasteiger partial charge in [0, 0.05) is 25.2 Å². The number of hydrogen-bond acceptors (Lipinski definition) is 4. The molecule has 1 saturated heterocycles. The minimum atomic E-state index is -0.948. The fraction of sp³-hybridized carbons (Fsp3) is 0.538. The number of pyridine rings is 1. The third kappa shape index (κ3) is 1.75. The fourth-order valence-corrected chi connectivity index (χ4v) is 3.23. The van der Waals surface area contributed by atoms with E-state index < -0.39 is 5.97 Å². The SMILES string of the molecule is O=C(O)c1cccnc1N1CC2CCC(O)C2C1. The molecule has 2 fully saturated rings. The highest BCUT2D eigenvalue weighted by atomic mass is 16.4. The molecule has 3 atom stereocenters. The second-order valence-corrected chi connectivity index (χ2v) is 5.15. The summed E-state index contributed by atoms with van der Waals surface area (Å²) in [5, 5.41) is 19.0. The molecule has 1 saturated carbocycles. The molecule has 1 aliphatic heterocycles. The van der Waals surface area contributed by atoms with Crippen LogP contribution in [0.5, 0.6) is 0 Å². The van der Waals surface area contributed by atoms with Gasteiger partial charge in [-0.1, -0.05) is 0 Å². The minimum Gasteiger partial charge on any atom is -0.478 e. The number of fused-ring (bicyclic) bond motifs is 1. The van der Waals surface area contributed by atoms with Crippen molar-refractivity contribution in [3.63, 3.8) is 0 Å². The summed E-state index contributed by atoms with van der Waals surface area (Å²) in [6.45, 7) is 1.52. The normalized spacial score (nSPS) is 30.5. The highest BCUT2D eigenvalue weighted by Crippen LogP contribution is 2.39. The van der Waals surface area contributed by atoms with Crippen LogP contribution in [0.4, 0.5) is 5.82 Å². The molecule has 5 heteroatoms. The van der Waals surface area contributed by atoms with E-state index in [0.29, 0.717) is 18.3 Å². The zero-order valence-electron chi connectivity index (χ0n) is 9.99. The molecule has 2 N–H and O–H groups in total. The van der Waals surface area contributed by atoms with Crippen molar-refractivity contribution in [3.05, 3.63) is 23.9 Å². The summed E-state index contributed by atoms with van der Waals surface area (Å²) in [5.74, 6) is 0.333. The highest BCUT2D eigenvalue weighted by Gasteiger charge is 2.42. The van der Waals surface area contributed by atoms with E-state index in [0.717, 1.165) is 19.4 Å². The van der Waals surface area contributed by atoms with Gasteiger partial charge in [-0.2, -0.15) is 0 Å². The second kappa shape index (κ2) is 4.24. The zero-order chi connectivity index (χ0) is 12.7. The number of hydrogen-bond donors (Lipinski definition) is 2. The molecule has 0 radical (unpaired) electrons. The lowest BCUT2D eigenvalue weighted by atomic mass is 10.00. The monoisotopic (exact) mass is 248 g/mol. The molecule has 0 amide bonds. The van der Waals surface area contributed by atoms with E-state index in [4.69, 9.17) is 5.11 Å². The van der Waals surface area contributed by atoms with Crippen LogP contribution in [0.2, 0.25) is 0 Å². The number of carboxylic acids is 1. The van der Waals surface area contributed by atoms with Gasteiger partial charge in [-0.3, -0.25) is 0 Å². The van der Waals surface area contributed by atoms with Crippen LogP contribution in [0.3, 0.4) is 0 Å². The first-order valence-electron chi connectivity index (χ1n) is 6.28. The predicted octanol–water partition coefficient (Wildman–Crippen LogP) is 0.987. The topological polar surface area (TPSA) is 73.7 Å². The van der Waals surface area contributed by atoms with Crippen LogP contribution in [0.25, 0.3) is 0 Å². The Balaban J connectivity index is 1.87. The van der Waals surface area contributed by atoms with Gasteiger partial charge in [0.15, 0.2) is 0 Å². The largest absolute Gasteiger partial charge is 0.478 e. The van der Waals surface area contributed by atoms with Crippen molar-refractivity contribution in [1.82, 2.24) is 4.98 Å². The van der Waals surface area contributed by atoms with Gasteiger partial charge in [-0.05, 0) is 30.9 Å². The van der Waals surface area contributed by atoms with Gasteiger partial charge in [-0.15, -0.1) is 0 Å². The Morgan fingerprint density at radius 2 is 2.22 bits per heavy atom. The maximum Gasteiger partial charge on any atom is 0.339 e. The van der Waals surface area contributed by atoms with Gasteiger partial charge in [0.25, 0.3) is 0 Å². The standard InChI is InChI=1S/C13H16N2O3/c16-11-4-3-8-6-15(7-10(8)11)12-9(13(17)18)2-1-5-14-12/h1-2,5,8,10-11,16H,3-4,6-7H2,(H,17,18). The number of aromatic nitrogens is 1. The van der Waals surface area contributed by atoms with Crippen LogP contribution >= 0.6 is 0 Å². The van der Waals surface area contributed by atoms with Gasteiger partial charge in [0.2, 0.25) is 0 Å². The molecule has 2 heterocycles. The van der Waals surface area contributed by atoms with Crippen molar-refractivity contribution >= 4 is 11.8 Å². The van der Waals surface area contributed by atoms with Gasteiger partial charge >= 0.3 is 5.97 Å². The summed E-state index contributed by atoms with van der Waals surface area (Å²) < 4.78 is 0. The molecular weight excluding hydrogens is 232 g/mol. The summed E-state index contributed by atoms with van der Waals surface area (Å²) >= 11 is 0. The van der Waals surface area contributed by atoms with Crippen LogP contribution in [-0.2, 0) is 0 Å². The van der Waals surface area contributed by atoms with Crippen LogP contribution in [0, 0.1) is 11.8 Å². The lowest BCUT2D eigenvalue weighted by Gasteiger charge is -2.20. The maximum atomic E-state index is 11.2. The molecular formula is C13H16N2O3. The predicted molar refractivity (Wildman–Crippen MR) is 65.6 cm³/mol. The van der Waals surface area contributed by atoms with E-state index in [2.05, 4.69) is 4.98 Å². The van der Waals surface area contributed by atoms with Crippen molar-refractivity contribution in [3.8, 4) is 0 Å². The molecule has 3 unspecified atom stereocenters. The molecule has 0 bridgehead atoms. The van der Waals surface area contributed by atoms with Crippen molar-refractivity contribution in [2.45, 2.75) is 18.9 Å². The number of aliphatic hydroxyl groups is 1. The van der Waals surface area contributed by atoms with Crippen molar-refractivity contribution in [1.29, 1.82) is 0 Å². The Labute approximate surface area is 105 Å². The smallest absolute Gasteiger partial charge is 0.339 e. The van der Waals surface area contributed by atoms with E-state index in [9.17, 15) is 9.90 Å². The second-order valence-electron chi connectivity index (χ2n) is 5.15. The number of anilines is 1. The highest BCUT2D eigenvalue weighted by molar-refractivity contribution is 5.93. The van der Waals surface area contributed by atoms with Crippen LogP contribution < -0.4 is 4.90 Å². The lowest BCUT2D eigenvalue weighted by molar-refractivity contribution is 0.0697. The van der Waals surface area contributed by atoms with E-state index in [1.54, 1.807) is 18.3 Å². The number of carboxylic acid groups (broad SMARTS) is 1. The fourth-order valence-electron chi connectivity index (χ4n) is 3.23. The number of aromatic carboxylic acids is 1. The molecule has 18 heavy (non-hydrogen) atoms.